The highest BCUT2D eigenvalue weighted by molar-refractivity contribution is 5.90. The Balaban J connectivity index is 2.17. The van der Waals surface area contributed by atoms with Crippen LogP contribution in [-0.2, 0) is 11.3 Å². The third kappa shape index (κ3) is 2.85. The quantitative estimate of drug-likeness (QED) is 0.683. The van der Waals surface area contributed by atoms with Crippen molar-refractivity contribution in [2.45, 2.75) is 6.54 Å². The fourth-order valence-corrected chi connectivity index (χ4v) is 2.29. The molecule has 0 atom stereocenters. The number of aromatic nitrogens is 4. The van der Waals surface area contributed by atoms with Crippen molar-refractivity contribution in [3.63, 3.8) is 0 Å². The molecule has 3 rings (SSSR count). The second-order valence-corrected chi connectivity index (χ2v) is 5.27. The molecule has 2 aromatic heterocycles. The lowest BCUT2D eigenvalue weighted by atomic mass is 10.2. The zero-order valence-corrected chi connectivity index (χ0v) is 13.2. The summed E-state index contributed by atoms with van der Waals surface area (Å²) in [7, 11) is 5.06. The van der Waals surface area contributed by atoms with Crippen LogP contribution in [0.2, 0.25) is 0 Å². The Kier molecular flexibility index (Phi) is 3.92. The molecular weight excluding hydrogens is 294 g/mol. The summed E-state index contributed by atoms with van der Waals surface area (Å²) < 4.78 is 6.60. The van der Waals surface area contributed by atoms with Gasteiger partial charge >= 0.3 is 5.97 Å². The Morgan fingerprint density at radius 3 is 2.61 bits per heavy atom. The lowest BCUT2D eigenvalue weighted by Crippen LogP contribution is -2.15. The van der Waals surface area contributed by atoms with Crippen LogP contribution in [0.1, 0.15) is 16.2 Å². The number of ether oxygens (including phenoxy) is 1. The van der Waals surface area contributed by atoms with Crippen molar-refractivity contribution >= 4 is 23.1 Å². The Hall–Kier alpha value is -2.96. The smallest absolute Gasteiger partial charge is 0.374 e. The fraction of sp³-hybridized carbons (Fsp3) is 0.250. The number of carbonyl (C=O) groups is 1. The maximum atomic E-state index is 12.0. The number of nitrogens with zero attached hydrogens (tertiary/aromatic N) is 5. The van der Waals surface area contributed by atoms with Gasteiger partial charge in [0, 0.05) is 14.1 Å². The van der Waals surface area contributed by atoms with Crippen LogP contribution in [0.5, 0.6) is 0 Å². The zero-order valence-electron chi connectivity index (χ0n) is 13.2. The first-order valence-electron chi connectivity index (χ1n) is 7.13. The van der Waals surface area contributed by atoms with E-state index in [0.717, 1.165) is 5.56 Å². The average molecular weight is 311 g/mol. The van der Waals surface area contributed by atoms with Crippen molar-refractivity contribution in [2.24, 2.45) is 0 Å². The summed E-state index contributed by atoms with van der Waals surface area (Å²) in [5.41, 5.74) is 2.21. The first-order chi connectivity index (χ1) is 11.1. The summed E-state index contributed by atoms with van der Waals surface area (Å²) in [5.74, 6) is 0.282. The number of methoxy groups -OCH3 is 1. The van der Waals surface area contributed by atoms with Gasteiger partial charge in [-0.25, -0.2) is 14.8 Å². The van der Waals surface area contributed by atoms with Crippen LogP contribution in [0.25, 0.3) is 11.2 Å². The zero-order chi connectivity index (χ0) is 16.4. The number of carbonyl (C=O) groups excluding carboxylic acids is 1. The van der Waals surface area contributed by atoms with Crippen molar-refractivity contribution < 1.29 is 9.53 Å². The molecule has 0 bridgehead atoms. The van der Waals surface area contributed by atoms with Gasteiger partial charge in [-0.3, -0.25) is 4.57 Å². The number of anilines is 1. The maximum Gasteiger partial charge on any atom is 0.374 e. The summed E-state index contributed by atoms with van der Waals surface area (Å²) in [4.78, 5) is 26.9. The van der Waals surface area contributed by atoms with Gasteiger partial charge in [-0.15, -0.1) is 0 Å². The van der Waals surface area contributed by atoms with E-state index >= 15 is 0 Å². The molecule has 23 heavy (non-hydrogen) atoms. The molecule has 0 amide bonds. The van der Waals surface area contributed by atoms with Crippen LogP contribution in [0.3, 0.4) is 0 Å². The lowest BCUT2D eigenvalue weighted by molar-refractivity contribution is 0.0582. The molecular formula is C16H17N5O2. The van der Waals surface area contributed by atoms with E-state index in [0.29, 0.717) is 23.7 Å². The number of hydrogen-bond acceptors (Lipinski definition) is 6. The fourth-order valence-electron chi connectivity index (χ4n) is 2.29. The molecule has 2 heterocycles. The largest absolute Gasteiger partial charge is 0.463 e. The van der Waals surface area contributed by atoms with Gasteiger partial charge in [-0.1, -0.05) is 30.3 Å². The molecule has 1 aromatic carbocycles. The van der Waals surface area contributed by atoms with Crippen molar-refractivity contribution in [1.29, 1.82) is 0 Å². The van der Waals surface area contributed by atoms with Crippen LogP contribution in [-0.4, -0.2) is 46.7 Å². The van der Waals surface area contributed by atoms with Gasteiger partial charge in [0.15, 0.2) is 5.65 Å². The number of hydrogen-bond donors (Lipinski definition) is 0. The van der Waals surface area contributed by atoms with Crippen molar-refractivity contribution in [2.75, 3.05) is 26.1 Å². The summed E-state index contributed by atoms with van der Waals surface area (Å²) in [6.07, 6.45) is 1.62. The monoisotopic (exact) mass is 311 g/mol. The molecule has 7 heteroatoms. The maximum absolute atomic E-state index is 12.0. The Bertz CT molecular complexity index is 842. The van der Waals surface area contributed by atoms with Gasteiger partial charge in [0.2, 0.25) is 11.8 Å². The van der Waals surface area contributed by atoms with Crippen LogP contribution in [0.4, 0.5) is 5.95 Å². The molecule has 0 unspecified atom stereocenters. The summed E-state index contributed by atoms with van der Waals surface area (Å²) in [6, 6.07) is 9.82. The molecule has 0 N–H and O–H groups in total. The first kappa shape index (κ1) is 15.0. The van der Waals surface area contributed by atoms with E-state index in [1.54, 1.807) is 15.7 Å². The van der Waals surface area contributed by atoms with Crippen LogP contribution in [0, 0.1) is 0 Å². The van der Waals surface area contributed by atoms with E-state index < -0.39 is 5.97 Å². The van der Waals surface area contributed by atoms with Crippen LogP contribution < -0.4 is 4.90 Å². The summed E-state index contributed by atoms with van der Waals surface area (Å²) in [5, 5.41) is 0. The third-order valence-corrected chi connectivity index (χ3v) is 3.43. The topological polar surface area (TPSA) is 73.1 Å². The molecule has 0 saturated heterocycles. The van der Waals surface area contributed by atoms with Gasteiger partial charge in [-0.05, 0) is 5.56 Å². The predicted molar refractivity (Wildman–Crippen MR) is 86.5 cm³/mol. The van der Waals surface area contributed by atoms with Gasteiger partial charge in [0.25, 0.3) is 0 Å². The van der Waals surface area contributed by atoms with Gasteiger partial charge in [0.05, 0.1) is 19.9 Å². The molecule has 7 nitrogen and oxygen atoms in total. The van der Waals surface area contributed by atoms with Crippen LogP contribution in [0.15, 0.2) is 36.5 Å². The molecule has 0 radical (unpaired) electrons. The minimum Gasteiger partial charge on any atom is -0.463 e. The van der Waals surface area contributed by atoms with Gasteiger partial charge < -0.3 is 9.64 Å². The molecule has 0 spiro atoms. The van der Waals surface area contributed by atoms with E-state index in [1.165, 1.54) is 7.11 Å². The number of benzene rings is 1. The van der Waals surface area contributed by atoms with E-state index in [1.807, 2.05) is 44.4 Å². The standard InChI is InChI=1S/C16H17N5O2/c1-20(2)16-17-9-12-13(19-16)21(14(18-12)15(22)23-3)10-11-7-5-4-6-8-11/h4-9H,10H2,1-3H3. The second kappa shape index (κ2) is 6.04. The highest BCUT2D eigenvalue weighted by Crippen LogP contribution is 2.18. The molecule has 0 aliphatic carbocycles. The average Bonchev–Trinajstić information content (AvgIpc) is 2.93. The Morgan fingerprint density at radius 1 is 1.22 bits per heavy atom. The van der Waals surface area contributed by atoms with Crippen molar-refractivity contribution in [1.82, 2.24) is 19.5 Å². The van der Waals surface area contributed by atoms with Crippen molar-refractivity contribution in [3.8, 4) is 0 Å². The highest BCUT2D eigenvalue weighted by atomic mass is 16.5. The first-order valence-corrected chi connectivity index (χ1v) is 7.13. The third-order valence-electron chi connectivity index (χ3n) is 3.43. The Labute approximate surface area is 133 Å². The SMILES string of the molecule is COC(=O)c1nc2cnc(N(C)C)nc2n1Cc1ccccc1. The van der Waals surface area contributed by atoms with E-state index in [9.17, 15) is 4.79 Å². The Morgan fingerprint density at radius 2 is 1.96 bits per heavy atom. The molecule has 0 aliphatic heterocycles. The highest BCUT2D eigenvalue weighted by Gasteiger charge is 2.20. The van der Waals surface area contributed by atoms with E-state index in [4.69, 9.17) is 4.74 Å². The summed E-state index contributed by atoms with van der Waals surface area (Å²) in [6.45, 7) is 0.478. The minimum absolute atomic E-state index is 0.219. The van der Waals surface area contributed by atoms with E-state index in [2.05, 4.69) is 15.0 Å². The van der Waals surface area contributed by atoms with E-state index in [-0.39, 0.29) is 5.82 Å². The van der Waals surface area contributed by atoms with Crippen LogP contribution >= 0.6 is 0 Å². The normalized spacial score (nSPS) is 10.7. The molecule has 3 aromatic rings. The number of fused-ring (bicyclic) bond motifs is 1. The lowest BCUT2D eigenvalue weighted by Gasteiger charge is -2.11. The van der Waals surface area contributed by atoms with Crippen molar-refractivity contribution in [3.05, 3.63) is 47.9 Å². The number of rotatable bonds is 4. The minimum atomic E-state index is -0.495. The van der Waals surface area contributed by atoms with Gasteiger partial charge in [0.1, 0.15) is 5.52 Å². The molecule has 0 saturated carbocycles. The molecule has 118 valence electrons. The molecule has 0 fully saturated rings. The number of esters is 1. The molecule has 0 aliphatic rings. The predicted octanol–water partition coefficient (Wildman–Crippen LogP) is 1.73. The van der Waals surface area contributed by atoms with Gasteiger partial charge in [-0.2, -0.15) is 4.98 Å². The second-order valence-electron chi connectivity index (χ2n) is 5.27. The summed E-state index contributed by atoms with van der Waals surface area (Å²) >= 11 is 0. The number of imidazole rings is 1.